The second kappa shape index (κ2) is 11.6. The van der Waals surface area contributed by atoms with E-state index in [0.717, 1.165) is 22.6 Å². The Hall–Kier alpha value is 2.32. The Morgan fingerprint density at radius 3 is 0.793 bits per heavy atom. The molecule has 0 aromatic carbocycles. The smallest absolute Gasteiger partial charge is 0.0530 e. The van der Waals surface area contributed by atoms with E-state index in [1.54, 1.807) is 109 Å². The van der Waals surface area contributed by atoms with Gasteiger partial charge in [-0.05, 0) is 103 Å². The van der Waals surface area contributed by atoms with Crippen LogP contribution in [0.1, 0.15) is 128 Å². The number of rotatable bonds is 6. The zero-order valence-corrected chi connectivity index (χ0v) is 24.9. The zero-order chi connectivity index (χ0) is 20.2. The van der Waals surface area contributed by atoms with Gasteiger partial charge in [0.25, 0.3) is 0 Å². The van der Waals surface area contributed by atoms with Crippen LogP contribution >= 0.6 is 53.9 Å². The van der Waals surface area contributed by atoms with E-state index in [1.807, 2.05) is 0 Å². The summed E-state index contributed by atoms with van der Waals surface area (Å²) in [6, 6.07) is 0. The van der Waals surface area contributed by atoms with Crippen molar-refractivity contribution in [2.24, 2.45) is 0 Å². The van der Waals surface area contributed by atoms with Crippen molar-refractivity contribution in [3.8, 4) is 0 Å². The van der Waals surface area contributed by atoms with Gasteiger partial charge in [-0.3, -0.25) is 0 Å². The van der Waals surface area contributed by atoms with E-state index in [0.29, 0.717) is 0 Å². The number of halogens is 2. The minimum absolute atomic E-state index is 0.863. The molecule has 4 saturated carbocycles. The molecule has 0 N–H and O–H groups in total. The van der Waals surface area contributed by atoms with Crippen molar-refractivity contribution in [2.75, 3.05) is 5.90 Å². The highest BCUT2D eigenvalue weighted by molar-refractivity contribution is 14.2. The van der Waals surface area contributed by atoms with Gasteiger partial charge in [-0.1, -0.05) is 25.7 Å². The van der Waals surface area contributed by atoms with Crippen LogP contribution in [0.25, 0.3) is 0 Å². The van der Waals surface area contributed by atoms with Crippen LogP contribution in [0.5, 0.6) is 0 Å². The van der Waals surface area contributed by atoms with Gasteiger partial charge in [0.1, 0.15) is 9.81 Å². The largest absolute Gasteiger partial charge is 0.177 e. The number of hydrogen-bond donors (Lipinski definition) is 0. The van der Waals surface area contributed by atoms with Gasteiger partial charge in [-0.15, -0.1) is 0 Å². The zero-order valence-electron chi connectivity index (χ0n) is 18.8. The fourth-order valence-corrected chi connectivity index (χ4v) is 40.9. The predicted molar refractivity (Wildman–Crippen MR) is 154 cm³/mol. The molecule has 0 unspecified atom stereocenters. The maximum Gasteiger partial charge on any atom is 0.177 e. The molecule has 29 heavy (non-hydrogen) atoms. The molecule has 0 nitrogen and oxygen atoms in total. The molecule has 0 radical (unpaired) electrons. The van der Waals surface area contributed by atoms with Crippen LogP contribution in [0.4, 0.5) is 0 Å². The van der Waals surface area contributed by atoms with Gasteiger partial charge >= 0.3 is 0 Å². The van der Waals surface area contributed by atoms with Gasteiger partial charge in [0, 0.05) is 0 Å². The lowest BCUT2D eigenvalue weighted by atomic mass is 9.99. The molecule has 4 aliphatic rings. The van der Waals surface area contributed by atoms with Crippen molar-refractivity contribution in [3.05, 3.63) is 0 Å². The van der Waals surface area contributed by atoms with Crippen LogP contribution in [-0.4, -0.2) is 28.5 Å². The summed E-state index contributed by atoms with van der Waals surface area (Å²) in [5.74, 6) is 1.78. The highest BCUT2D eigenvalue weighted by atomic mass is 127. The molecule has 0 bridgehead atoms. The minimum atomic E-state index is -0.863. The first-order chi connectivity index (χ1) is 14.1. The molecule has 4 heteroatoms. The van der Waals surface area contributed by atoms with Crippen molar-refractivity contribution in [1.29, 1.82) is 0 Å². The summed E-state index contributed by atoms with van der Waals surface area (Å²) in [6.07, 6.45) is 31.5. The summed E-state index contributed by atoms with van der Waals surface area (Å²) in [5, 5.41) is 0. The van der Waals surface area contributed by atoms with Gasteiger partial charge in [0.05, 0.1) is 22.6 Å². The van der Waals surface area contributed by atoms with Crippen molar-refractivity contribution >= 4 is 53.9 Å². The SMILES string of the molecule is I[P+](C[P+](I)(C1CCCCC1)C1CCCCC1)(C1CCCCC1)C1CCCCC1. The minimum Gasteiger partial charge on any atom is -0.0530 e. The summed E-state index contributed by atoms with van der Waals surface area (Å²) in [7, 11) is 0. The van der Waals surface area contributed by atoms with Crippen molar-refractivity contribution in [2.45, 2.75) is 151 Å². The normalized spacial score (nSPS) is 27.9. The first kappa shape index (κ1) is 24.4. The van der Waals surface area contributed by atoms with Crippen LogP contribution in [-0.2, 0) is 0 Å². The lowest BCUT2D eigenvalue weighted by molar-refractivity contribution is 0.480. The molecule has 4 rings (SSSR count). The van der Waals surface area contributed by atoms with Crippen LogP contribution < -0.4 is 0 Å². The Balaban J connectivity index is 1.62. The van der Waals surface area contributed by atoms with Gasteiger partial charge in [-0.25, -0.2) is 0 Å². The lowest BCUT2D eigenvalue weighted by Crippen LogP contribution is -2.32. The molecular formula is C25H46I2P2+2. The molecule has 0 atom stereocenters. The summed E-state index contributed by atoms with van der Waals surface area (Å²) in [4.78, 5) is -1.73. The molecule has 0 heterocycles. The van der Waals surface area contributed by atoms with E-state index in [-0.39, 0.29) is 0 Å². The third-order valence-electron chi connectivity index (χ3n) is 9.16. The third kappa shape index (κ3) is 5.88. The van der Waals surface area contributed by atoms with E-state index in [1.165, 1.54) is 25.7 Å². The topological polar surface area (TPSA) is 0 Å². The first-order valence-electron chi connectivity index (χ1n) is 13.3. The second-order valence-corrected chi connectivity index (χ2v) is 29.1. The Morgan fingerprint density at radius 1 is 0.379 bits per heavy atom. The molecular weight excluding hydrogens is 616 g/mol. The number of hydrogen-bond acceptors (Lipinski definition) is 0. The molecule has 0 saturated heterocycles. The monoisotopic (exact) mass is 662 g/mol. The van der Waals surface area contributed by atoms with E-state index >= 15 is 0 Å². The Morgan fingerprint density at radius 2 is 0.586 bits per heavy atom. The average molecular weight is 662 g/mol. The van der Waals surface area contributed by atoms with Crippen LogP contribution in [0.3, 0.4) is 0 Å². The van der Waals surface area contributed by atoms with E-state index in [2.05, 4.69) is 44.1 Å². The predicted octanol–water partition coefficient (Wildman–Crippen LogP) is 11.0. The molecule has 0 spiro atoms. The van der Waals surface area contributed by atoms with Crippen molar-refractivity contribution in [3.63, 3.8) is 0 Å². The van der Waals surface area contributed by atoms with Gasteiger partial charge in [-0.2, -0.15) is 0 Å². The van der Waals surface area contributed by atoms with Crippen molar-refractivity contribution in [1.82, 2.24) is 0 Å². The Kier molecular flexibility index (Phi) is 9.81. The fraction of sp³-hybridized carbons (Fsp3) is 1.00. The second-order valence-electron chi connectivity index (χ2n) is 11.0. The van der Waals surface area contributed by atoms with E-state index < -0.39 is 9.81 Å². The lowest BCUT2D eigenvalue weighted by Gasteiger charge is -2.44. The van der Waals surface area contributed by atoms with Crippen molar-refractivity contribution < 1.29 is 0 Å². The molecule has 4 fully saturated rings. The summed E-state index contributed by atoms with van der Waals surface area (Å²) < 4.78 is 0. The highest BCUT2D eigenvalue weighted by Gasteiger charge is 2.63. The summed E-state index contributed by atoms with van der Waals surface area (Å²) in [6.45, 7) is 0. The van der Waals surface area contributed by atoms with Crippen LogP contribution in [0, 0.1) is 0 Å². The Bertz CT molecular complexity index is 407. The molecule has 0 aliphatic heterocycles. The third-order valence-corrected chi connectivity index (χ3v) is 34.5. The van der Waals surface area contributed by atoms with Gasteiger partial charge in [0.15, 0.2) is 50.0 Å². The van der Waals surface area contributed by atoms with E-state index in [9.17, 15) is 0 Å². The highest BCUT2D eigenvalue weighted by Crippen LogP contribution is 2.91. The molecule has 4 aliphatic carbocycles. The summed E-state index contributed by atoms with van der Waals surface area (Å²) in [5.41, 5.74) is 4.62. The summed E-state index contributed by atoms with van der Waals surface area (Å²) >= 11 is 6.53. The first-order valence-corrected chi connectivity index (χ1v) is 23.1. The van der Waals surface area contributed by atoms with Gasteiger partial charge < -0.3 is 0 Å². The molecule has 0 aromatic heterocycles. The fourth-order valence-electron chi connectivity index (χ4n) is 7.43. The van der Waals surface area contributed by atoms with Gasteiger partial charge in [0.2, 0.25) is 0 Å². The maximum atomic E-state index is 3.26. The molecule has 168 valence electrons. The van der Waals surface area contributed by atoms with Crippen LogP contribution in [0.2, 0.25) is 0 Å². The van der Waals surface area contributed by atoms with E-state index in [4.69, 9.17) is 0 Å². The Labute approximate surface area is 209 Å². The average Bonchev–Trinajstić information content (AvgIpc) is 2.81. The molecule has 0 amide bonds. The standard InChI is InChI=1S/C25H46I2P2/c26-28(22-13-5-1-6-14-22,23-15-7-2-8-16-23)21-29(27,24-17-9-3-10-18-24)25-19-11-4-12-20-25/h22-25H,1-21H2/q+2. The molecule has 0 aromatic rings. The van der Waals surface area contributed by atoms with Crippen LogP contribution in [0.15, 0.2) is 0 Å². The quantitative estimate of drug-likeness (QED) is 0.196. The maximum absolute atomic E-state index is 3.26.